The molecule has 0 aliphatic heterocycles. The molecule has 0 radical (unpaired) electrons. The predicted molar refractivity (Wildman–Crippen MR) is 63.8 cm³/mol. The number of hydrogen-bond acceptors (Lipinski definition) is 0. The quantitative estimate of drug-likeness (QED) is 0.649. The maximum atomic E-state index is 5.73. The summed E-state index contributed by atoms with van der Waals surface area (Å²) in [6.45, 7) is 6.83. The van der Waals surface area contributed by atoms with Gasteiger partial charge in [-0.15, -0.1) is 11.6 Å². The summed E-state index contributed by atoms with van der Waals surface area (Å²) >= 11 is 5.73. The van der Waals surface area contributed by atoms with Crippen LogP contribution in [-0.2, 0) is 12.3 Å². The van der Waals surface area contributed by atoms with Gasteiger partial charge < -0.3 is 0 Å². The van der Waals surface area contributed by atoms with Crippen LogP contribution in [0.25, 0.3) is 0 Å². The molecule has 1 heteroatoms. The van der Waals surface area contributed by atoms with E-state index in [0.29, 0.717) is 11.3 Å². The van der Waals surface area contributed by atoms with Gasteiger partial charge in [0.25, 0.3) is 0 Å². The van der Waals surface area contributed by atoms with Crippen molar-refractivity contribution in [1.82, 2.24) is 0 Å². The molecular weight excluding hydrogens is 192 g/mol. The third-order valence-electron chi connectivity index (χ3n) is 2.34. The summed E-state index contributed by atoms with van der Waals surface area (Å²) in [6, 6.07) is 8.60. The molecule has 78 valence electrons. The number of benzene rings is 1. The summed E-state index contributed by atoms with van der Waals surface area (Å²) in [5.74, 6) is 0.611. The second kappa shape index (κ2) is 4.84. The lowest BCUT2D eigenvalue weighted by molar-refractivity contribution is 0.378. The van der Waals surface area contributed by atoms with E-state index < -0.39 is 0 Å². The highest BCUT2D eigenvalue weighted by molar-refractivity contribution is 6.17. The van der Waals surface area contributed by atoms with Crippen LogP contribution >= 0.6 is 11.6 Å². The largest absolute Gasteiger partial charge is 0.122 e. The van der Waals surface area contributed by atoms with Gasteiger partial charge in [-0.25, -0.2) is 0 Å². The normalized spacial score (nSPS) is 11.7. The van der Waals surface area contributed by atoms with E-state index in [-0.39, 0.29) is 0 Å². The predicted octanol–water partition coefficient (Wildman–Crippen LogP) is 4.40. The monoisotopic (exact) mass is 210 g/mol. The highest BCUT2D eigenvalue weighted by Gasteiger charge is 2.09. The van der Waals surface area contributed by atoms with Gasteiger partial charge in [-0.1, -0.05) is 45.0 Å². The highest BCUT2D eigenvalue weighted by atomic mass is 35.5. The van der Waals surface area contributed by atoms with Crippen molar-refractivity contribution in [3.05, 3.63) is 35.4 Å². The molecule has 0 fully saturated rings. The Balaban J connectivity index is 2.52. The van der Waals surface area contributed by atoms with Gasteiger partial charge in [0.15, 0.2) is 0 Å². The molecule has 14 heavy (non-hydrogen) atoms. The Kier molecular flexibility index (Phi) is 4.00. The van der Waals surface area contributed by atoms with Crippen LogP contribution in [0.1, 0.15) is 38.3 Å². The van der Waals surface area contributed by atoms with E-state index in [4.69, 9.17) is 11.6 Å². The van der Waals surface area contributed by atoms with Crippen molar-refractivity contribution in [1.29, 1.82) is 0 Å². The fraction of sp³-hybridized carbons (Fsp3) is 0.538. The number of rotatable bonds is 3. The molecule has 0 N–H and O–H groups in total. The minimum absolute atomic E-state index is 0.422. The Morgan fingerprint density at radius 1 is 1.00 bits per heavy atom. The summed E-state index contributed by atoms with van der Waals surface area (Å²) in [5, 5.41) is 0. The smallest absolute Gasteiger partial charge is 0.0474 e. The fourth-order valence-electron chi connectivity index (χ4n) is 1.31. The van der Waals surface area contributed by atoms with Gasteiger partial charge in [-0.05, 0) is 29.4 Å². The molecule has 1 aromatic carbocycles. The summed E-state index contributed by atoms with van der Waals surface area (Å²) in [6.07, 6.45) is 2.39. The first-order valence-electron chi connectivity index (χ1n) is 5.15. The molecule has 0 bridgehead atoms. The topological polar surface area (TPSA) is 0 Å². The maximum Gasteiger partial charge on any atom is 0.0474 e. The van der Waals surface area contributed by atoms with Crippen molar-refractivity contribution in [2.75, 3.05) is 0 Å². The van der Waals surface area contributed by atoms with Crippen molar-refractivity contribution in [2.45, 2.75) is 39.5 Å². The van der Waals surface area contributed by atoms with Crippen molar-refractivity contribution in [3.63, 3.8) is 0 Å². The maximum absolute atomic E-state index is 5.73. The second-order valence-corrected chi connectivity index (χ2v) is 5.28. The third-order valence-corrected chi connectivity index (χ3v) is 2.65. The molecule has 0 nitrogen and oxygen atoms in total. The van der Waals surface area contributed by atoms with Crippen LogP contribution in [0.5, 0.6) is 0 Å². The van der Waals surface area contributed by atoms with Crippen LogP contribution in [0.2, 0.25) is 0 Å². The zero-order chi connectivity index (χ0) is 10.6. The lowest BCUT2D eigenvalue weighted by atomic mass is 9.88. The minimum Gasteiger partial charge on any atom is -0.122 e. The SMILES string of the molecule is CC(C)(C)CCc1ccc(CCl)cc1. The van der Waals surface area contributed by atoms with Crippen molar-refractivity contribution < 1.29 is 0 Å². The summed E-state index contributed by atoms with van der Waals surface area (Å²) in [7, 11) is 0. The summed E-state index contributed by atoms with van der Waals surface area (Å²) in [5.41, 5.74) is 3.03. The lowest BCUT2D eigenvalue weighted by Crippen LogP contribution is -2.06. The van der Waals surface area contributed by atoms with Crippen LogP contribution in [0.15, 0.2) is 24.3 Å². The molecule has 0 aliphatic rings. The minimum atomic E-state index is 0.422. The standard InChI is InChI=1S/C13H19Cl/c1-13(2,3)9-8-11-4-6-12(10-14)7-5-11/h4-7H,8-10H2,1-3H3. The van der Waals surface area contributed by atoms with E-state index in [1.807, 2.05) is 0 Å². The lowest BCUT2D eigenvalue weighted by Gasteiger charge is -2.17. The highest BCUT2D eigenvalue weighted by Crippen LogP contribution is 2.21. The Bertz CT molecular complexity index is 266. The van der Waals surface area contributed by atoms with Gasteiger partial charge >= 0.3 is 0 Å². The molecule has 0 saturated carbocycles. The Morgan fingerprint density at radius 3 is 1.93 bits per heavy atom. The molecule has 0 heterocycles. The Labute approximate surface area is 92.3 Å². The molecule has 0 aliphatic carbocycles. The van der Waals surface area contributed by atoms with E-state index in [1.54, 1.807) is 0 Å². The van der Waals surface area contributed by atoms with Gasteiger partial charge in [0.1, 0.15) is 0 Å². The van der Waals surface area contributed by atoms with Gasteiger partial charge in [0, 0.05) is 5.88 Å². The summed E-state index contributed by atoms with van der Waals surface area (Å²) in [4.78, 5) is 0. The van der Waals surface area contributed by atoms with Crippen LogP contribution in [0.4, 0.5) is 0 Å². The van der Waals surface area contributed by atoms with Gasteiger partial charge in [0.2, 0.25) is 0 Å². The van der Waals surface area contributed by atoms with Crippen LogP contribution in [0.3, 0.4) is 0 Å². The zero-order valence-electron chi connectivity index (χ0n) is 9.31. The van der Waals surface area contributed by atoms with E-state index in [2.05, 4.69) is 45.0 Å². The second-order valence-electron chi connectivity index (χ2n) is 5.01. The molecule has 0 aromatic heterocycles. The van der Waals surface area contributed by atoms with Gasteiger partial charge in [-0.2, -0.15) is 0 Å². The van der Waals surface area contributed by atoms with Crippen molar-refractivity contribution in [3.8, 4) is 0 Å². The number of aryl methyl sites for hydroxylation is 1. The van der Waals surface area contributed by atoms with E-state index >= 15 is 0 Å². The first kappa shape index (κ1) is 11.6. The number of alkyl halides is 1. The number of halogens is 1. The molecule has 0 saturated heterocycles. The van der Waals surface area contributed by atoms with E-state index in [9.17, 15) is 0 Å². The third kappa shape index (κ3) is 4.15. The van der Waals surface area contributed by atoms with E-state index in [0.717, 1.165) is 6.42 Å². The molecule has 0 atom stereocenters. The average Bonchev–Trinajstić information content (AvgIpc) is 2.14. The molecule has 0 spiro atoms. The zero-order valence-corrected chi connectivity index (χ0v) is 10.1. The molecular formula is C13H19Cl. The van der Waals surface area contributed by atoms with Crippen LogP contribution in [0, 0.1) is 5.41 Å². The fourth-order valence-corrected chi connectivity index (χ4v) is 1.49. The van der Waals surface area contributed by atoms with Gasteiger partial charge in [0.05, 0.1) is 0 Å². The molecule has 0 unspecified atom stereocenters. The van der Waals surface area contributed by atoms with Crippen LogP contribution < -0.4 is 0 Å². The summed E-state index contributed by atoms with van der Waals surface area (Å²) < 4.78 is 0. The van der Waals surface area contributed by atoms with Crippen LogP contribution in [-0.4, -0.2) is 0 Å². The Morgan fingerprint density at radius 2 is 1.50 bits per heavy atom. The average molecular weight is 211 g/mol. The van der Waals surface area contributed by atoms with E-state index in [1.165, 1.54) is 17.5 Å². The first-order chi connectivity index (χ1) is 6.51. The molecule has 1 aromatic rings. The van der Waals surface area contributed by atoms with Crippen molar-refractivity contribution >= 4 is 11.6 Å². The molecule has 0 amide bonds. The van der Waals surface area contributed by atoms with Crippen molar-refractivity contribution in [2.24, 2.45) is 5.41 Å². The van der Waals surface area contributed by atoms with Gasteiger partial charge in [-0.3, -0.25) is 0 Å². The molecule has 1 rings (SSSR count). The number of hydrogen-bond donors (Lipinski definition) is 0. The first-order valence-corrected chi connectivity index (χ1v) is 5.68. The Hall–Kier alpha value is -0.490.